The number of rotatable bonds is 4. The average molecular weight is 231 g/mol. The summed E-state index contributed by atoms with van der Waals surface area (Å²) in [6.07, 6.45) is 2.32. The van der Waals surface area contributed by atoms with Crippen molar-refractivity contribution < 1.29 is 14.6 Å². The summed E-state index contributed by atoms with van der Waals surface area (Å²) in [7, 11) is 1.60. The van der Waals surface area contributed by atoms with Gasteiger partial charge in [-0.15, -0.1) is 0 Å². The number of aliphatic carboxylic acids is 1. The molecule has 2 rings (SSSR count). The summed E-state index contributed by atoms with van der Waals surface area (Å²) < 4.78 is 5.23. The Bertz CT molecular complexity index is 551. The molecule has 1 aromatic carbocycles. The van der Waals surface area contributed by atoms with Gasteiger partial charge in [-0.05, 0) is 24.1 Å². The molecule has 0 amide bonds. The lowest BCUT2D eigenvalue weighted by atomic mass is 10.0. The largest absolute Gasteiger partial charge is 0.494 e. The lowest BCUT2D eigenvalue weighted by Gasteiger charge is -2.08. The molecule has 88 valence electrons. The van der Waals surface area contributed by atoms with E-state index < -0.39 is 5.97 Å². The number of carboxylic acids is 1. The van der Waals surface area contributed by atoms with Crippen molar-refractivity contribution in [3.8, 4) is 5.75 Å². The number of fused-ring (bicyclic) bond motifs is 1. The van der Waals surface area contributed by atoms with Gasteiger partial charge in [0.1, 0.15) is 11.3 Å². The molecule has 0 bridgehead atoms. The van der Waals surface area contributed by atoms with E-state index in [1.54, 1.807) is 13.3 Å². The van der Waals surface area contributed by atoms with Crippen LogP contribution in [-0.4, -0.2) is 23.2 Å². The third kappa shape index (κ3) is 2.36. The number of methoxy groups -OCH3 is 1. The minimum Gasteiger partial charge on any atom is -0.494 e. The minimum absolute atomic E-state index is 0.121. The number of pyridine rings is 1. The van der Waals surface area contributed by atoms with Gasteiger partial charge in [-0.1, -0.05) is 12.1 Å². The van der Waals surface area contributed by atoms with Crippen molar-refractivity contribution in [1.82, 2.24) is 4.98 Å². The van der Waals surface area contributed by atoms with E-state index in [0.717, 1.165) is 16.5 Å². The van der Waals surface area contributed by atoms with Gasteiger partial charge in [-0.2, -0.15) is 0 Å². The average Bonchev–Trinajstić information content (AvgIpc) is 2.35. The van der Waals surface area contributed by atoms with Crippen LogP contribution in [0.1, 0.15) is 12.0 Å². The minimum atomic E-state index is -0.794. The number of aromatic nitrogens is 1. The fourth-order valence-electron chi connectivity index (χ4n) is 1.83. The third-order valence-electron chi connectivity index (χ3n) is 2.65. The Hall–Kier alpha value is -2.10. The summed E-state index contributed by atoms with van der Waals surface area (Å²) in [5.41, 5.74) is 1.76. The molecular formula is C13H13NO3. The molecule has 0 unspecified atom stereocenters. The van der Waals surface area contributed by atoms with Gasteiger partial charge in [0.2, 0.25) is 0 Å². The monoisotopic (exact) mass is 231 g/mol. The molecule has 1 N–H and O–H groups in total. The Kier molecular flexibility index (Phi) is 3.23. The van der Waals surface area contributed by atoms with Crippen molar-refractivity contribution in [2.24, 2.45) is 0 Å². The van der Waals surface area contributed by atoms with Crippen LogP contribution in [-0.2, 0) is 11.2 Å². The van der Waals surface area contributed by atoms with Gasteiger partial charge in [-0.3, -0.25) is 9.78 Å². The first-order chi connectivity index (χ1) is 8.22. The molecule has 0 radical (unpaired) electrons. The van der Waals surface area contributed by atoms with Gasteiger partial charge in [0.25, 0.3) is 0 Å². The van der Waals surface area contributed by atoms with Crippen LogP contribution in [0.4, 0.5) is 0 Å². The zero-order valence-corrected chi connectivity index (χ0v) is 9.51. The van der Waals surface area contributed by atoms with Crippen molar-refractivity contribution in [2.75, 3.05) is 7.11 Å². The predicted octanol–water partition coefficient (Wildman–Crippen LogP) is 2.26. The van der Waals surface area contributed by atoms with Crippen LogP contribution in [0.3, 0.4) is 0 Å². The van der Waals surface area contributed by atoms with E-state index in [-0.39, 0.29) is 6.42 Å². The molecule has 0 saturated carbocycles. The van der Waals surface area contributed by atoms with E-state index in [1.165, 1.54) is 0 Å². The van der Waals surface area contributed by atoms with Gasteiger partial charge >= 0.3 is 5.97 Å². The summed E-state index contributed by atoms with van der Waals surface area (Å²) in [6, 6.07) is 7.49. The molecule has 1 heterocycles. The normalized spacial score (nSPS) is 10.4. The van der Waals surface area contributed by atoms with Crippen LogP contribution in [0.15, 0.2) is 30.5 Å². The number of carboxylic acid groups (broad SMARTS) is 1. The van der Waals surface area contributed by atoms with Crippen LogP contribution < -0.4 is 4.74 Å². The number of hydrogen-bond donors (Lipinski definition) is 1. The highest BCUT2D eigenvalue weighted by atomic mass is 16.5. The second-order valence-corrected chi connectivity index (χ2v) is 3.72. The van der Waals surface area contributed by atoms with E-state index >= 15 is 0 Å². The Morgan fingerprint density at radius 2 is 2.24 bits per heavy atom. The predicted molar refractivity (Wildman–Crippen MR) is 64.3 cm³/mol. The summed E-state index contributed by atoms with van der Waals surface area (Å²) in [5.74, 6) is -0.0856. The highest BCUT2D eigenvalue weighted by Crippen LogP contribution is 2.26. The molecule has 0 saturated heterocycles. The lowest BCUT2D eigenvalue weighted by Crippen LogP contribution is -1.99. The van der Waals surface area contributed by atoms with Gasteiger partial charge in [-0.25, -0.2) is 0 Å². The molecule has 0 fully saturated rings. The number of carbonyl (C=O) groups is 1. The summed E-state index contributed by atoms with van der Waals surface area (Å²) in [6.45, 7) is 0. The molecule has 0 spiro atoms. The molecule has 0 aliphatic rings. The van der Waals surface area contributed by atoms with E-state index in [1.807, 2.05) is 24.3 Å². The fourth-order valence-corrected chi connectivity index (χ4v) is 1.83. The molecule has 0 aliphatic carbocycles. The maximum Gasteiger partial charge on any atom is 0.303 e. The Labute approximate surface area is 98.9 Å². The van der Waals surface area contributed by atoms with E-state index in [4.69, 9.17) is 9.84 Å². The summed E-state index contributed by atoms with van der Waals surface area (Å²) in [4.78, 5) is 14.9. The van der Waals surface area contributed by atoms with E-state index in [2.05, 4.69) is 4.98 Å². The zero-order chi connectivity index (χ0) is 12.3. The third-order valence-corrected chi connectivity index (χ3v) is 2.65. The van der Waals surface area contributed by atoms with Gasteiger partial charge < -0.3 is 9.84 Å². The van der Waals surface area contributed by atoms with Crippen molar-refractivity contribution >= 4 is 16.9 Å². The first kappa shape index (κ1) is 11.4. The Morgan fingerprint density at radius 1 is 1.41 bits per heavy atom. The summed E-state index contributed by atoms with van der Waals surface area (Å²) in [5, 5.41) is 9.66. The fraction of sp³-hybridized carbons (Fsp3) is 0.231. The highest BCUT2D eigenvalue weighted by Gasteiger charge is 2.08. The zero-order valence-electron chi connectivity index (χ0n) is 9.51. The Morgan fingerprint density at radius 3 is 2.94 bits per heavy atom. The molecule has 4 nitrogen and oxygen atoms in total. The second-order valence-electron chi connectivity index (χ2n) is 3.72. The molecule has 4 heteroatoms. The van der Waals surface area contributed by atoms with E-state index in [0.29, 0.717) is 12.2 Å². The topological polar surface area (TPSA) is 59.4 Å². The van der Waals surface area contributed by atoms with Gasteiger partial charge in [0, 0.05) is 18.0 Å². The standard InChI is InChI=1S/C13H13NO3/c1-17-11-6-4-9(5-7-12(15)16)10-3-2-8-14-13(10)11/h2-4,6,8H,5,7H2,1H3,(H,15,16). The number of ether oxygens (including phenoxy) is 1. The molecule has 1 aromatic heterocycles. The molecule has 0 aliphatic heterocycles. The van der Waals surface area contributed by atoms with Crippen molar-refractivity contribution in [2.45, 2.75) is 12.8 Å². The second kappa shape index (κ2) is 4.82. The smallest absolute Gasteiger partial charge is 0.303 e. The van der Waals surface area contributed by atoms with Crippen molar-refractivity contribution in [1.29, 1.82) is 0 Å². The van der Waals surface area contributed by atoms with Gasteiger partial charge in [0.15, 0.2) is 0 Å². The van der Waals surface area contributed by atoms with Crippen LogP contribution in [0.25, 0.3) is 10.9 Å². The van der Waals surface area contributed by atoms with Crippen LogP contribution in [0, 0.1) is 0 Å². The van der Waals surface area contributed by atoms with Gasteiger partial charge in [0.05, 0.1) is 7.11 Å². The number of nitrogens with zero attached hydrogens (tertiary/aromatic N) is 1. The molecule has 0 atom stereocenters. The molecular weight excluding hydrogens is 218 g/mol. The maximum absolute atomic E-state index is 10.6. The number of benzene rings is 1. The molecule has 17 heavy (non-hydrogen) atoms. The first-order valence-corrected chi connectivity index (χ1v) is 5.35. The summed E-state index contributed by atoms with van der Waals surface area (Å²) >= 11 is 0. The van der Waals surface area contributed by atoms with E-state index in [9.17, 15) is 4.79 Å². The quantitative estimate of drug-likeness (QED) is 0.876. The van der Waals surface area contributed by atoms with Crippen molar-refractivity contribution in [3.05, 3.63) is 36.0 Å². The maximum atomic E-state index is 10.6. The van der Waals surface area contributed by atoms with Crippen molar-refractivity contribution in [3.63, 3.8) is 0 Å². The van der Waals surface area contributed by atoms with Crippen LogP contribution in [0.2, 0.25) is 0 Å². The highest BCUT2D eigenvalue weighted by molar-refractivity contribution is 5.87. The number of aryl methyl sites for hydroxylation is 1. The lowest BCUT2D eigenvalue weighted by molar-refractivity contribution is -0.136. The molecule has 2 aromatic rings. The first-order valence-electron chi connectivity index (χ1n) is 5.35. The number of hydrogen-bond acceptors (Lipinski definition) is 3. The van der Waals surface area contributed by atoms with Crippen LogP contribution >= 0.6 is 0 Å². The van der Waals surface area contributed by atoms with Crippen LogP contribution in [0.5, 0.6) is 5.75 Å². The SMILES string of the molecule is COc1ccc(CCC(=O)O)c2cccnc12. The Balaban J connectivity index is 2.47.